The van der Waals surface area contributed by atoms with Gasteiger partial charge in [-0.15, -0.1) is 0 Å². The van der Waals surface area contributed by atoms with E-state index in [4.69, 9.17) is 31.8 Å². The molecule has 1 aromatic carbocycles. The Morgan fingerprint density at radius 2 is 2.21 bits per heavy atom. The number of primary amides is 1. The van der Waals surface area contributed by atoms with E-state index in [1.807, 2.05) is 26.0 Å². The van der Waals surface area contributed by atoms with Gasteiger partial charge in [0.2, 0.25) is 5.91 Å². The molecule has 7 nitrogen and oxygen atoms in total. The van der Waals surface area contributed by atoms with Crippen molar-refractivity contribution in [3.05, 3.63) is 22.7 Å². The number of carbonyl (C=O) groups is 1. The third-order valence-corrected chi connectivity index (χ3v) is 4.91. The van der Waals surface area contributed by atoms with E-state index in [-0.39, 0.29) is 11.8 Å². The molecule has 0 spiro atoms. The fourth-order valence-corrected chi connectivity index (χ4v) is 3.74. The van der Waals surface area contributed by atoms with Crippen LogP contribution >= 0.6 is 11.6 Å². The van der Waals surface area contributed by atoms with Gasteiger partial charge in [-0.3, -0.25) is 4.79 Å². The Kier molecular flexibility index (Phi) is 8.70. The van der Waals surface area contributed by atoms with Crippen LogP contribution in [0.5, 0.6) is 11.5 Å². The molecule has 1 atom stereocenters. The van der Waals surface area contributed by atoms with E-state index in [1.165, 1.54) is 0 Å². The van der Waals surface area contributed by atoms with Crippen LogP contribution in [0, 0.1) is 5.92 Å². The molecule has 1 unspecified atom stereocenters. The fraction of sp³-hybridized carbons (Fsp3) is 0.600. The molecule has 1 aliphatic rings. The van der Waals surface area contributed by atoms with Gasteiger partial charge in [0, 0.05) is 26.1 Å². The normalized spacial score (nSPS) is 17.4. The van der Waals surface area contributed by atoms with Gasteiger partial charge < -0.3 is 25.4 Å². The minimum Gasteiger partial charge on any atom is -0.493 e. The highest BCUT2D eigenvalue weighted by atomic mass is 35.5. The molecule has 0 aromatic heterocycles. The van der Waals surface area contributed by atoms with E-state index >= 15 is 0 Å². The standard InChI is InChI=1S/C20H31ClN4O3/c1-4-23-20(25-8-6-7-14(13-25)11-18(22)26)24-12-15-9-16(21)19(28-5-2)17(10-15)27-3/h9-10,14H,4-8,11-13H2,1-3H3,(H2,22,26)(H,23,24). The van der Waals surface area contributed by atoms with Crippen molar-refractivity contribution in [3.8, 4) is 11.5 Å². The molecule has 28 heavy (non-hydrogen) atoms. The number of hydrogen-bond acceptors (Lipinski definition) is 4. The van der Waals surface area contributed by atoms with E-state index in [1.54, 1.807) is 7.11 Å². The van der Waals surface area contributed by atoms with E-state index in [9.17, 15) is 4.79 Å². The lowest BCUT2D eigenvalue weighted by atomic mass is 9.95. The molecule has 156 valence electrons. The summed E-state index contributed by atoms with van der Waals surface area (Å²) in [6, 6.07) is 3.75. The van der Waals surface area contributed by atoms with Crippen molar-refractivity contribution in [1.82, 2.24) is 10.2 Å². The smallest absolute Gasteiger partial charge is 0.217 e. The van der Waals surface area contributed by atoms with Crippen LogP contribution in [0.2, 0.25) is 5.02 Å². The maximum atomic E-state index is 11.3. The first kappa shape index (κ1) is 22.1. The van der Waals surface area contributed by atoms with Gasteiger partial charge in [0.1, 0.15) is 0 Å². The zero-order chi connectivity index (χ0) is 20.5. The summed E-state index contributed by atoms with van der Waals surface area (Å²) in [6.45, 7) is 7.37. The van der Waals surface area contributed by atoms with Crippen molar-refractivity contribution < 1.29 is 14.3 Å². The lowest BCUT2D eigenvalue weighted by Crippen LogP contribution is -2.47. The number of nitrogens with two attached hydrogens (primary N) is 1. The molecule has 3 N–H and O–H groups in total. The molecule has 1 amide bonds. The Hall–Kier alpha value is -2.15. The molecule has 1 aliphatic heterocycles. The minimum atomic E-state index is -0.245. The van der Waals surface area contributed by atoms with Crippen molar-refractivity contribution in [2.45, 2.75) is 39.7 Å². The number of carbonyl (C=O) groups excluding carboxylic acids is 1. The Labute approximate surface area is 172 Å². The summed E-state index contributed by atoms with van der Waals surface area (Å²) in [7, 11) is 1.60. The third-order valence-electron chi connectivity index (χ3n) is 4.63. The fourth-order valence-electron chi connectivity index (χ4n) is 3.45. The van der Waals surface area contributed by atoms with Crippen LogP contribution < -0.4 is 20.5 Å². The molecule has 0 bridgehead atoms. The minimum absolute atomic E-state index is 0.245. The molecule has 1 aromatic rings. The third kappa shape index (κ3) is 6.19. The van der Waals surface area contributed by atoms with Gasteiger partial charge in [-0.1, -0.05) is 11.6 Å². The topological polar surface area (TPSA) is 89.2 Å². The second-order valence-electron chi connectivity index (χ2n) is 6.84. The number of guanidine groups is 1. The van der Waals surface area contributed by atoms with E-state index in [0.717, 1.165) is 44.0 Å². The second kappa shape index (κ2) is 11.0. The second-order valence-corrected chi connectivity index (χ2v) is 7.24. The number of halogens is 1. The van der Waals surface area contributed by atoms with E-state index in [0.29, 0.717) is 36.1 Å². The quantitative estimate of drug-likeness (QED) is 0.508. The number of methoxy groups -OCH3 is 1. The molecule has 0 radical (unpaired) electrons. The summed E-state index contributed by atoms with van der Waals surface area (Å²) in [5.41, 5.74) is 6.31. The average Bonchev–Trinajstić information content (AvgIpc) is 2.66. The number of piperidine rings is 1. The highest BCUT2D eigenvalue weighted by molar-refractivity contribution is 6.32. The highest BCUT2D eigenvalue weighted by Gasteiger charge is 2.23. The van der Waals surface area contributed by atoms with Crippen molar-refractivity contribution in [1.29, 1.82) is 0 Å². The maximum Gasteiger partial charge on any atom is 0.217 e. The van der Waals surface area contributed by atoms with Gasteiger partial charge in [-0.25, -0.2) is 4.99 Å². The lowest BCUT2D eigenvalue weighted by Gasteiger charge is -2.34. The van der Waals surface area contributed by atoms with Crippen LogP contribution in [-0.2, 0) is 11.3 Å². The van der Waals surface area contributed by atoms with Crippen molar-refractivity contribution in [3.63, 3.8) is 0 Å². The van der Waals surface area contributed by atoms with Gasteiger partial charge in [-0.2, -0.15) is 0 Å². The Bertz CT molecular complexity index is 696. The van der Waals surface area contributed by atoms with Crippen LogP contribution in [0.1, 0.15) is 38.7 Å². The van der Waals surface area contributed by atoms with Crippen molar-refractivity contribution >= 4 is 23.5 Å². The number of hydrogen-bond donors (Lipinski definition) is 2. The van der Waals surface area contributed by atoms with Gasteiger partial charge >= 0.3 is 0 Å². The largest absolute Gasteiger partial charge is 0.493 e. The first-order chi connectivity index (χ1) is 13.5. The zero-order valence-corrected chi connectivity index (χ0v) is 17.7. The predicted molar refractivity (Wildman–Crippen MR) is 112 cm³/mol. The van der Waals surface area contributed by atoms with E-state index < -0.39 is 0 Å². The first-order valence-electron chi connectivity index (χ1n) is 9.79. The van der Waals surface area contributed by atoms with Crippen LogP contribution in [0.3, 0.4) is 0 Å². The molecule has 0 aliphatic carbocycles. The number of likely N-dealkylation sites (tertiary alicyclic amines) is 1. The maximum absolute atomic E-state index is 11.3. The number of nitrogens with zero attached hydrogens (tertiary/aromatic N) is 2. The zero-order valence-electron chi connectivity index (χ0n) is 17.0. The molecule has 2 rings (SSSR count). The van der Waals surface area contributed by atoms with Crippen LogP contribution in [0.4, 0.5) is 0 Å². The van der Waals surface area contributed by atoms with Gasteiger partial charge in [-0.05, 0) is 50.3 Å². The number of nitrogens with one attached hydrogen (secondary N) is 1. The summed E-state index contributed by atoms with van der Waals surface area (Å²) in [5, 5.41) is 3.85. The monoisotopic (exact) mass is 410 g/mol. The van der Waals surface area contributed by atoms with Gasteiger partial charge in [0.05, 0.1) is 25.3 Å². The van der Waals surface area contributed by atoms with E-state index in [2.05, 4.69) is 10.2 Å². The summed E-state index contributed by atoms with van der Waals surface area (Å²) in [6.07, 6.45) is 2.46. The van der Waals surface area contributed by atoms with Crippen LogP contribution in [0.15, 0.2) is 17.1 Å². The molecular formula is C20H31ClN4O3. The molecule has 1 fully saturated rings. The molecule has 1 saturated heterocycles. The molecule has 8 heteroatoms. The average molecular weight is 411 g/mol. The Morgan fingerprint density at radius 1 is 1.43 bits per heavy atom. The highest BCUT2D eigenvalue weighted by Crippen LogP contribution is 2.36. The summed E-state index contributed by atoms with van der Waals surface area (Å²) >= 11 is 6.36. The van der Waals surface area contributed by atoms with Gasteiger partial charge in [0.15, 0.2) is 17.5 Å². The van der Waals surface area contributed by atoms with Crippen molar-refractivity contribution in [2.24, 2.45) is 16.6 Å². The Balaban J connectivity index is 2.16. The molecule has 1 heterocycles. The van der Waals surface area contributed by atoms with Gasteiger partial charge in [0.25, 0.3) is 0 Å². The number of benzene rings is 1. The number of aliphatic imine (C=N–C) groups is 1. The first-order valence-corrected chi connectivity index (χ1v) is 10.2. The predicted octanol–water partition coefficient (Wildman–Crippen LogP) is 2.80. The van der Waals surface area contributed by atoms with Crippen molar-refractivity contribution in [2.75, 3.05) is 33.4 Å². The lowest BCUT2D eigenvalue weighted by molar-refractivity contribution is -0.119. The summed E-state index contributed by atoms with van der Waals surface area (Å²) in [5.74, 6) is 2.02. The summed E-state index contributed by atoms with van der Waals surface area (Å²) < 4.78 is 11.0. The SMILES string of the molecule is CCNC(=NCc1cc(Cl)c(OCC)c(OC)c1)N1CCCC(CC(N)=O)C1. The van der Waals surface area contributed by atoms with Crippen LogP contribution in [-0.4, -0.2) is 50.1 Å². The number of ether oxygens (including phenoxy) is 2. The number of rotatable bonds is 8. The molecule has 0 saturated carbocycles. The number of amides is 1. The Morgan fingerprint density at radius 3 is 2.86 bits per heavy atom. The molecular weight excluding hydrogens is 380 g/mol. The summed E-state index contributed by atoms with van der Waals surface area (Å²) in [4.78, 5) is 18.2. The van der Waals surface area contributed by atoms with Crippen LogP contribution in [0.25, 0.3) is 0 Å².